The quantitative estimate of drug-likeness (QED) is 0.912. The third kappa shape index (κ3) is 2.80. The number of nitrogens with zero attached hydrogens (tertiary/aromatic N) is 1. The summed E-state index contributed by atoms with van der Waals surface area (Å²) in [5, 5.41) is 9.80. The lowest BCUT2D eigenvalue weighted by molar-refractivity contribution is 0.0696. The van der Waals surface area contributed by atoms with Gasteiger partial charge in [-0.3, -0.25) is 0 Å². The predicted molar refractivity (Wildman–Crippen MR) is 76.9 cm³/mol. The molecule has 0 saturated carbocycles. The van der Waals surface area contributed by atoms with Crippen LogP contribution in [0.4, 0.5) is 5.69 Å². The fourth-order valence-corrected chi connectivity index (χ4v) is 3.12. The van der Waals surface area contributed by atoms with Crippen molar-refractivity contribution in [2.45, 2.75) is 25.0 Å². The molecule has 2 rings (SSSR count). The van der Waals surface area contributed by atoms with Crippen LogP contribution in [0.2, 0.25) is 0 Å². The molecule has 0 radical (unpaired) electrons. The third-order valence-corrected chi connectivity index (χ3v) is 4.72. The smallest absolute Gasteiger partial charge is 0.335 e. The second-order valence-electron chi connectivity index (χ2n) is 4.73. The van der Waals surface area contributed by atoms with Crippen molar-refractivity contribution in [1.82, 2.24) is 0 Å². The normalized spacial score (nSPS) is 16.9. The Morgan fingerprint density at radius 1 is 1.39 bits per heavy atom. The molecule has 1 saturated heterocycles. The molecule has 0 unspecified atom stereocenters. The van der Waals surface area contributed by atoms with E-state index in [0.29, 0.717) is 5.56 Å². The molecule has 4 heteroatoms. The van der Waals surface area contributed by atoms with Gasteiger partial charge in [0.1, 0.15) is 0 Å². The van der Waals surface area contributed by atoms with Gasteiger partial charge in [-0.05, 0) is 49.8 Å². The van der Waals surface area contributed by atoms with Crippen LogP contribution in [0.1, 0.15) is 28.8 Å². The molecule has 1 aliphatic rings. The van der Waals surface area contributed by atoms with Crippen LogP contribution >= 0.6 is 11.8 Å². The van der Waals surface area contributed by atoms with Crippen LogP contribution in [0.25, 0.3) is 0 Å². The van der Waals surface area contributed by atoms with Gasteiger partial charge < -0.3 is 10.0 Å². The Bertz CT molecular complexity index is 439. The maximum atomic E-state index is 11.0. The van der Waals surface area contributed by atoms with Crippen molar-refractivity contribution in [3.05, 3.63) is 29.3 Å². The molecule has 1 aromatic rings. The molecule has 0 aliphatic carbocycles. The van der Waals surface area contributed by atoms with Crippen LogP contribution in [0.5, 0.6) is 0 Å². The summed E-state index contributed by atoms with van der Waals surface area (Å²) < 4.78 is 0. The van der Waals surface area contributed by atoms with Crippen LogP contribution in [-0.2, 0) is 0 Å². The summed E-state index contributed by atoms with van der Waals surface area (Å²) in [5.74, 6) is -0.847. The van der Waals surface area contributed by atoms with E-state index < -0.39 is 5.97 Å². The Hall–Kier alpha value is -1.16. The average Bonchev–Trinajstić information content (AvgIpc) is 2.38. The van der Waals surface area contributed by atoms with Gasteiger partial charge in [-0.2, -0.15) is 11.8 Å². The number of aryl methyl sites for hydroxylation is 1. The number of aromatic carboxylic acids is 1. The summed E-state index contributed by atoms with van der Waals surface area (Å²) in [7, 11) is 0. The van der Waals surface area contributed by atoms with E-state index in [0.717, 1.165) is 29.6 Å². The first-order valence-corrected chi connectivity index (χ1v) is 7.52. The third-order valence-electron chi connectivity index (χ3n) is 3.58. The first kappa shape index (κ1) is 13.3. The minimum atomic E-state index is -0.847. The SMILES string of the molecule is CSC1CCN(c2ccc(C(=O)O)c(C)c2)CC1. The maximum absolute atomic E-state index is 11.0. The van der Waals surface area contributed by atoms with E-state index in [1.807, 2.05) is 30.8 Å². The molecular weight excluding hydrogens is 246 g/mol. The van der Waals surface area contributed by atoms with Crippen molar-refractivity contribution in [2.75, 3.05) is 24.2 Å². The van der Waals surface area contributed by atoms with Gasteiger partial charge in [0.15, 0.2) is 0 Å². The number of anilines is 1. The van der Waals surface area contributed by atoms with Gasteiger partial charge >= 0.3 is 5.97 Å². The van der Waals surface area contributed by atoms with E-state index in [4.69, 9.17) is 5.11 Å². The molecule has 1 heterocycles. The van der Waals surface area contributed by atoms with Gasteiger partial charge in [0.2, 0.25) is 0 Å². The number of benzene rings is 1. The van der Waals surface area contributed by atoms with Gasteiger partial charge in [-0.25, -0.2) is 4.79 Å². The molecule has 98 valence electrons. The summed E-state index contributed by atoms with van der Waals surface area (Å²) in [5.41, 5.74) is 2.39. The Morgan fingerprint density at radius 2 is 2.06 bits per heavy atom. The zero-order chi connectivity index (χ0) is 13.1. The summed E-state index contributed by atoms with van der Waals surface area (Å²) in [6.45, 7) is 4.00. The zero-order valence-electron chi connectivity index (χ0n) is 10.8. The molecule has 1 aromatic carbocycles. The molecule has 0 atom stereocenters. The van der Waals surface area contributed by atoms with E-state index in [-0.39, 0.29) is 0 Å². The highest BCUT2D eigenvalue weighted by atomic mass is 32.2. The average molecular weight is 265 g/mol. The number of carbonyl (C=O) groups is 1. The van der Waals surface area contributed by atoms with E-state index >= 15 is 0 Å². The summed E-state index contributed by atoms with van der Waals surface area (Å²) in [4.78, 5) is 13.3. The number of rotatable bonds is 3. The Balaban J connectivity index is 2.11. The van der Waals surface area contributed by atoms with Crippen LogP contribution in [0, 0.1) is 6.92 Å². The minimum Gasteiger partial charge on any atom is -0.478 e. The fourth-order valence-electron chi connectivity index (χ4n) is 2.43. The number of hydrogen-bond acceptors (Lipinski definition) is 3. The number of carboxylic acids is 1. The standard InChI is InChI=1S/C14H19NO2S/c1-10-9-11(3-4-13(10)14(16)17)15-7-5-12(18-2)6-8-15/h3-4,9,12H,5-8H2,1-2H3,(H,16,17). The van der Waals surface area contributed by atoms with E-state index in [1.54, 1.807) is 6.07 Å². The number of carboxylic acid groups (broad SMARTS) is 1. The van der Waals surface area contributed by atoms with E-state index in [2.05, 4.69) is 11.2 Å². The first-order chi connectivity index (χ1) is 8.61. The highest BCUT2D eigenvalue weighted by molar-refractivity contribution is 7.99. The lowest BCUT2D eigenvalue weighted by Crippen LogP contribution is -2.34. The summed E-state index contributed by atoms with van der Waals surface area (Å²) in [6.07, 6.45) is 4.59. The monoisotopic (exact) mass is 265 g/mol. The van der Waals surface area contributed by atoms with E-state index in [9.17, 15) is 4.79 Å². The van der Waals surface area contributed by atoms with Crippen LogP contribution < -0.4 is 4.90 Å². The van der Waals surface area contributed by atoms with Crippen molar-refractivity contribution in [3.8, 4) is 0 Å². The number of hydrogen-bond donors (Lipinski definition) is 1. The lowest BCUT2D eigenvalue weighted by Gasteiger charge is -2.33. The van der Waals surface area contributed by atoms with Gasteiger partial charge in [0, 0.05) is 24.0 Å². The number of thioether (sulfide) groups is 1. The molecule has 0 aromatic heterocycles. The second-order valence-corrected chi connectivity index (χ2v) is 5.86. The molecule has 1 aliphatic heterocycles. The Labute approximate surface area is 112 Å². The Morgan fingerprint density at radius 3 is 2.56 bits per heavy atom. The maximum Gasteiger partial charge on any atom is 0.335 e. The molecule has 1 N–H and O–H groups in total. The van der Waals surface area contributed by atoms with Crippen LogP contribution in [-0.4, -0.2) is 35.7 Å². The van der Waals surface area contributed by atoms with Gasteiger partial charge in [-0.15, -0.1) is 0 Å². The zero-order valence-corrected chi connectivity index (χ0v) is 11.7. The predicted octanol–water partition coefficient (Wildman–Crippen LogP) is 3.03. The molecule has 0 amide bonds. The van der Waals surface area contributed by atoms with Crippen molar-refractivity contribution in [2.24, 2.45) is 0 Å². The molecule has 3 nitrogen and oxygen atoms in total. The molecule has 18 heavy (non-hydrogen) atoms. The van der Waals surface area contributed by atoms with Gasteiger partial charge in [0.05, 0.1) is 5.56 Å². The van der Waals surface area contributed by atoms with Gasteiger partial charge in [0.25, 0.3) is 0 Å². The van der Waals surface area contributed by atoms with Crippen molar-refractivity contribution < 1.29 is 9.90 Å². The van der Waals surface area contributed by atoms with Crippen molar-refractivity contribution in [3.63, 3.8) is 0 Å². The largest absolute Gasteiger partial charge is 0.478 e. The van der Waals surface area contributed by atoms with Crippen molar-refractivity contribution >= 4 is 23.4 Å². The topological polar surface area (TPSA) is 40.5 Å². The summed E-state index contributed by atoms with van der Waals surface area (Å²) >= 11 is 1.95. The minimum absolute atomic E-state index is 0.401. The molecule has 1 fully saturated rings. The van der Waals surface area contributed by atoms with Crippen molar-refractivity contribution in [1.29, 1.82) is 0 Å². The highest BCUT2D eigenvalue weighted by Gasteiger charge is 2.19. The van der Waals surface area contributed by atoms with Gasteiger partial charge in [-0.1, -0.05) is 0 Å². The summed E-state index contributed by atoms with van der Waals surface area (Å²) in [6, 6.07) is 5.63. The molecule has 0 bridgehead atoms. The Kier molecular flexibility index (Phi) is 4.17. The highest BCUT2D eigenvalue weighted by Crippen LogP contribution is 2.26. The molecular formula is C14H19NO2S. The van der Waals surface area contributed by atoms with E-state index in [1.165, 1.54) is 12.8 Å². The lowest BCUT2D eigenvalue weighted by atomic mass is 10.1. The first-order valence-electron chi connectivity index (χ1n) is 6.23. The number of piperidine rings is 1. The molecule has 0 spiro atoms. The van der Waals surface area contributed by atoms with Crippen LogP contribution in [0.15, 0.2) is 18.2 Å². The second kappa shape index (κ2) is 5.65. The fraction of sp³-hybridized carbons (Fsp3) is 0.500. The van der Waals surface area contributed by atoms with Crippen LogP contribution in [0.3, 0.4) is 0 Å².